The van der Waals surface area contributed by atoms with Gasteiger partial charge in [0, 0.05) is 19.2 Å². The van der Waals surface area contributed by atoms with E-state index in [1.54, 1.807) is 0 Å². The van der Waals surface area contributed by atoms with Gasteiger partial charge in [-0.15, -0.1) is 0 Å². The Kier molecular flexibility index (Phi) is 5.91. The molecule has 0 atom stereocenters. The molecule has 5 nitrogen and oxygen atoms in total. The second-order valence-corrected chi connectivity index (χ2v) is 6.51. The van der Waals surface area contributed by atoms with E-state index in [2.05, 4.69) is 31.0 Å². The zero-order valence-corrected chi connectivity index (χ0v) is 15.6. The molecule has 26 heavy (non-hydrogen) atoms. The molecule has 5 heteroatoms. The van der Waals surface area contributed by atoms with Crippen LogP contribution in [0.25, 0.3) is 11.0 Å². The van der Waals surface area contributed by atoms with Gasteiger partial charge in [-0.2, -0.15) is 0 Å². The van der Waals surface area contributed by atoms with Crippen molar-refractivity contribution >= 4 is 11.0 Å². The third-order valence-electron chi connectivity index (χ3n) is 4.39. The molecule has 0 aliphatic heterocycles. The standard InChI is InChI=1S/C21H26N2O3/c1-4-25-12-11-23-20-13-18(9-10-19(20)22-21(23)14-24)26-17-7-5-16(6-8-17)15(2)3/h5-10,13,15,24H,4,11-12,14H2,1-3H3. The van der Waals surface area contributed by atoms with Gasteiger partial charge in [-0.25, -0.2) is 4.98 Å². The van der Waals surface area contributed by atoms with Crippen molar-refractivity contribution in [3.8, 4) is 11.5 Å². The Morgan fingerprint density at radius 1 is 1.08 bits per heavy atom. The van der Waals surface area contributed by atoms with E-state index < -0.39 is 0 Å². The summed E-state index contributed by atoms with van der Waals surface area (Å²) in [5.74, 6) is 2.68. The summed E-state index contributed by atoms with van der Waals surface area (Å²) in [6.07, 6.45) is 0. The van der Waals surface area contributed by atoms with Crippen LogP contribution >= 0.6 is 0 Å². The maximum Gasteiger partial charge on any atom is 0.135 e. The minimum absolute atomic E-state index is 0.104. The summed E-state index contributed by atoms with van der Waals surface area (Å²) in [5, 5.41) is 9.60. The summed E-state index contributed by atoms with van der Waals surface area (Å²) < 4.78 is 13.4. The van der Waals surface area contributed by atoms with Gasteiger partial charge < -0.3 is 19.1 Å². The van der Waals surface area contributed by atoms with E-state index in [9.17, 15) is 5.11 Å². The summed E-state index contributed by atoms with van der Waals surface area (Å²) in [6.45, 7) is 8.10. The van der Waals surface area contributed by atoms with Gasteiger partial charge in [-0.3, -0.25) is 0 Å². The van der Waals surface area contributed by atoms with E-state index in [0.29, 0.717) is 31.5 Å². The third kappa shape index (κ3) is 4.06. The molecule has 0 fully saturated rings. The molecule has 0 bridgehead atoms. The number of hydrogen-bond donors (Lipinski definition) is 1. The smallest absolute Gasteiger partial charge is 0.135 e. The number of hydrogen-bond acceptors (Lipinski definition) is 4. The molecule has 0 amide bonds. The average molecular weight is 354 g/mol. The topological polar surface area (TPSA) is 56.5 Å². The third-order valence-corrected chi connectivity index (χ3v) is 4.39. The highest BCUT2D eigenvalue weighted by atomic mass is 16.5. The molecule has 0 unspecified atom stereocenters. The highest BCUT2D eigenvalue weighted by Crippen LogP contribution is 2.27. The van der Waals surface area contributed by atoms with Crippen LogP contribution in [0.3, 0.4) is 0 Å². The van der Waals surface area contributed by atoms with Gasteiger partial charge in [0.1, 0.15) is 23.9 Å². The molecule has 3 aromatic rings. The lowest BCUT2D eigenvalue weighted by Gasteiger charge is -2.10. The monoisotopic (exact) mass is 354 g/mol. The first-order valence-corrected chi connectivity index (χ1v) is 9.08. The highest BCUT2D eigenvalue weighted by molar-refractivity contribution is 5.78. The number of aromatic nitrogens is 2. The molecule has 1 N–H and O–H groups in total. The Bertz CT molecular complexity index is 854. The molecular formula is C21H26N2O3. The quantitative estimate of drug-likeness (QED) is 0.606. The number of ether oxygens (including phenoxy) is 2. The van der Waals surface area contributed by atoms with E-state index in [1.807, 2.05) is 41.8 Å². The van der Waals surface area contributed by atoms with Crippen LogP contribution in [0.2, 0.25) is 0 Å². The summed E-state index contributed by atoms with van der Waals surface area (Å²) in [5.41, 5.74) is 3.06. The highest BCUT2D eigenvalue weighted by Gasteiger charge is 2.11. The number of aliphatic hydroxyl groups is 1. The Hall–Kier alpha value is -2.37. The molecule has 0 aliphatic carbocycles. The van der Waals surface area contributed by atoms with E-state index in [-0.39, 0.29) is 6.61 Å². The summed E-state index contributed by atoms with van der Waals surface area (Å²) >= 11 is 0. The number of imidazole rings is 1. The molecule has 0 saturated heterocycles. The van der Waals surface area contributed by atoms with Crippen molar-refractivity contribution in [1.29, 1.82) is 0 Å². The van der Waals surface area contributed by atoms with Gasteiger partial charge in [0.15, 0.2) is 0 Å². The zero-order valence-electron chi connectivity index (χ0n) is 15.6. The van der Waals surface area contributed by atoms with Crippen molar-refractivity contribution in [2.75, 3.05) is 13.2 Å². The Labute approximate surface area is 154 Å². The van der Waals surface area contributed by atoms with Crippen LogP contribution < -0.4 is 4.74 Å². The lowest BCUT2D eigenvalue weighted by molar-refractivity contribution is 0.137. The molecule has 0 aliphatic rings. The molecule has 1 aromatic heterocycles. The fourth-order valence-corrected chi connectivity index (χ4v) is 2.94. The first-order chi connectivity index (χ1) is 12.6. The number of nitrogens with zero attached hydrogens (tertiary/aromatic N) is 2. The lowest BCUT2D eigenvalue weighted by Crippen LogP contribution is -2.09. The average Bonchev–Trinajstić information content (AvgIpc) is 3.00. The number of rotatable bonds is 8. The number of benzene rings is 2. The SMILES string of the molecule is CCOCCn1c(CO)nc2ccc(Oc3ccc(C(C)C)cc3)cc21. The van der Waals surface area contributed by atoms with Crippen LogP contribution in [0.15, 0.2) is 42.5 Å². The molecule has 0 spiro atoms. The number of fused-ring (bicyclic) bond motifs is 1. The van der Waals surface area contributed by atoms with Crippen molar-refractivity contribution in [1.82, 2.24) is 9.55 Å². The second kappa shape index (κ2) is 8.34. The molecule has 2 aromatic carbocycles. The fraction of sp³-hybridized carbons (Fsp3) is 0.381. The van der Waals surface area contributed by atoms with Crippen molar-refractivity contribution in [2.24, 2.45) is 0 Å². The number of aliphatic hydroxyl groups excluding tert-OH is 1. The van der Waals surface area contributed by atoms with Crippen molar-refractivity contribution in [3.05, 3.63) is 53.9 Å². The molecule has 0 radical (unpaired) electrons. The maximum atomic E-state index is 9.60. The summed E-state index contributed by atoms with van der Waals surface area (Å²) in [4.78, 5) is 4.49. The second-order valence-electron chi connectivity index (χ2n) is 6.51. The molecule has 3 rings (SSSR count). The fourth-order valence-electron chi connectivity index (χ4n) is 2.94. The van der Waals surface area contributed by atoms with Crippen LogP contribution in [-0.2, 0) is 17.9 Å². The minimum Gasteiger partial charge on any atom is -0.457 e. The Balaban J connectivity index is 1.86. The predicted octanol–water partition coefficient (Wildman–Crippen LogP) is 4.48. The molecule has 138 valence electrons. The van der Waals surface area contributed by atoms with Gasteiger partial charge in [0.05, 0.1) is 17.6 Å². The van der Waals surface area contributed by atoms with E-state index >= 15 is 0 Å². The zero-order chi connectivity index (χ0) is 18.5. The van der Waals surface area contributed by atoms with Crippen LogP contribution in [0.4, 0.5) is 0 Å². The first kappa shape index (κ1) is 18.4. The largest absolute Gasteiger partial charge is 0.457 e. The van der Waals surface area contributed by atoms with E-state index in [1.165, 1.54) is 5.56 Å². The van der Waals surface area contributed by atoms with E-state index in [0.717, 1.165) is 22.5 Å². The normalized spacial score (nSPS) is 11.4. The van der Waals surface area contributed by atoms with E-state index in [4.69, 9.17) is 9.47 Å². The van der Waals surface area contributed by atoms with Crippen LogP contribution in [0.5, 0.6) is 11.5 Å². The van der Waals surface area contributed by atoms with Crippen molar-refractivity contribution < 1.29 is 14.6 Å². The Morgan fingerprint density at radius 2 is 1.81 bits per heavy atom. The molecule has 1 heterocycles. The Morgan fingerprint density at radius 3 is 2.46 bits per heavy atom. The lowest BCUT2D eigenvalue weighted by atomic mass is 10.0. The van der Waals surface area contributed by atoms with Gasteiger partial charge >= 0.3 is 0 Å². The summed E-state index contributed by atoms with van der Waals surface area (Å²) in [7, 11) is 0. The van der Waals surface area contributed by atoms with Gasteiger partial charge in [0.2, 0.25) is 0 Å². The first-order valence-electron chi connectivity index (χ1n) is 9.08. The van der Waals surface area contributed by atoms with Gasteiger partial charge in [-0.05, 0) is 42.7 Å². The molecular weight excluding hydrogens is 328 g/mol. The predicted molar refractivity (Wildman–Crippen MR) is 103 cm³/mol. The van der Waals surface area contributed by atoms with Crippen LogP contribution in [-0.4, -0.2) is 27.9 Å². The molecule has 0 saturated carbocycles. The maximum absolute atomic E-state index is 9.60. The summed E-state index contributed by atoms with van der Waals surface area (Å²) in [6, 6.07) is 14.0. The van der Waals surface area contributed by atoms with Gasteiger partial charge in [0.25, 0.3) is 0 Å². The minimum atomic E-state index is -0.104. The van der Waals surface area contributed by atoms with Crippen LogP contribution in [0.1, 0.15) is 38.1 Å². The van der Waals surface area contributed by atoms with Crippen molar-refractivity contribution in [2.45, 2.75) is 39.8 Å². The van der Waals surface area contributed by atoms with Crippen molar-refractivity contribution in [3.63, 3.8) is 0 Å². The van der Waals surface area contributed by atoms with Gasteiger partial charge in [-0.1, -0.05) is 26.0 Å². The van der Waals surface area contributed by atoms with Crippen LogP contribution in [0, 0.1) is 0 Å².